The van der Waals surface area contributed by atoms with Gasteiger partial charge in [0.15, 0.2) is 0 Å². The Kier molecular flexibility index (Phi) is 8.98. The van der Waals surface area contributed by atoms with Crippen LogP contribution in [0.4, 0.5) is 0 Å². The SMILES string of the molecule is C=CCCCC(CO)(CCCC=C)C(C)(CO)CO. The van der Waals surface area contributed by atoms with Gasteiger partial charge in [0.25, 0.3) is 0 Å². The van der Waals surface area contributed by atoms with Crippen molar-refractivity contribution in [1.29, 1.82) is 0 Å². The Bertz CT molecular complexity index is 243. The summed E-state index contributed by atoms with van der Waals surface area (Å²) in [6, 6.07) is 0. The monoisotopic (exact) mass is 270 g/mol. The first-order chi connectivity index (χ1) is 9.05. The third-order valence-corrected chi connectivity index (χ3v) is 4.41. The zero-order valence-electron chi connectivity index (χ0n) is 12.3. The Labute approximate surface area is 117 Å². The largest absolute Gasteiger partial charge is 0.396 e. The van der Waals surface area contributed by atoms with Crippen LogP contribution in [0.25, 0.3) is 0 Å². The van der Waals surface area contributed by atoms with Crippen LogP contribution >= 0.6 is 0 Å². The average Bonchev–Trinajstić information content (AvgIpc) is 2.45. The van der Waals surface area contributed by atoms with Crippen LogP contribution in [0, 0.1) is 10.8 Å². The molecule has 0 heterocycles. The summed E-state index contributed by atoms with van der Waals surface area (Å²) < 4.78 is 0. The van der Waals surface area contributed by atoms with E-state index in [1.807, 2.05) is 19.1 Å². The van der Waals surface area contributed by atoms with Gasteiger partial charge in [0.2, 0.25) is 0 Å². The molecule has 0 aromatic carbocycles. The minimum atomic E-state index is -0.663. The highest BCUT2D eigenvalue weighted by Gasteiger charge is 2.46. The molecule has 0 saturated heterocycles. The molecule has 0 aromatic rings. The molecule has 0 spiro atoms. The lowest BCUT2D eigenvalue weighted by atomic mass is 9.60. The van der Waals surface area contributed by atoms with Crippen LogP contribution in [0.15, 0.2) is 25.3 Å². The van der Waals surface area contributed by atoms with Crippen molar-refractivity contribution in [2.45, 2.75) is 45.4 Å². The number of rotatable bonds is 12. The van der Waals surface area contributed by atoms with Gasteiger partial charge in [-0.05, 0) is 38.5 Å². The fraction of sp³-hybridized carbons (Fsp3) is 0.750. The predicted molar refractivity (Wildman–Crippen MR) is 79.9 cm³/mol. The average molecular weight is 270 g/mol. The zero-order chi connectivity index (χ0) is 14.8. The molecule has 3 heteroatoms. The molecule has 112 valence electrons. The van der Waals surface area contributed by atoms with E-state index in [0.717, 1.165) is 38.5 Å². The van der Waals surface area contributed by atoms with E-state index in [-0.39, 0.29) is 19.8 Å². The van der Waals surface area contributed by atoms with Gasteiger partial charge in [0, 0.05) is 17.4 Å². The molecule has 3 N–H and O–H groups in total. The standard InChI is InChI=1S/C16H30O3/c1-4-6-8-10-16(14-19,11-9-7-5-2)15(3,12-17)13-18/h4-5,17-19H,1-2,6-14H2,3H3. The smallest absolute Gasteiger partial charge is 0.0512 e. The second-order valence-electron chi connectivity index (χ2n) is 5.68. The van der Waals surface area contributed by atoms with Gasteiger partial charge in [0.1, 0.15) is 0 Å². The van der Waals surface area contributed by atoms with Crippen molar-refractivity contribution in [3.63, 3.8) is 0 Å². The Balaban J connectivity index is 5.01. The number of hydrogen-bond acceptors (Lipinski definition) is 3. The highest BCUT2D eigenvalue weighted by Crippen LogP contribution is 2.46. The van der Waals surface area contributed by atoms with Crippen molar-refractivity contribution >= 4 is 0 Å². The molecule has 0 fully saturated rings. The molecule has 0 amide bonds. The first-order valence-corrected chi connectivity index (χ1v) is 7.10. The normalized spacial score (nSPS) is 12.4. The molecule has 3 nitrogen and oxygen atoms in total. The molecule has 0 bridgehead atoms. The van der Waals surface area contributed by atoms with Crippen LogP contribution in [0.1, 0.15) is 45.4 Å². The summed E-state index contributed by atoms with van der Waals surface area (Å²) in [5.74, 6) is 0. The van der Waals surface area contributed by atoms with Gasteiger partial charge in [-0.15, -0.1) is 13.2 Å². The fourth-order valence-electron chi connectivity index (χ4n) is 2.63. The summed E-state index contributed by atoms with van der Waals surface area (Å²) in [4.78, 5) is 0. The van der Waals surface area contributed by atoms with E-state index in [1.54, 1.807) is 0 Å². The summed E-state index contributed by atoms with van der Waals surface area (Å²) in [6.45, 7) is 9.02. The quantitative estimate of drug-likeness (QED) is 0.377. The summed E-state index contributed by atoms with van der Waals surface area (Å²) in [5, 5.41) is 29.2. The van der Waals surface area contributed by atoms with E-state index in [1.165, 1.54) is 0 Å². The second-order valence-corrected chi connectivity index (χ2v) is 5.68. The van der Waals surface area contributed by atoms with E-state index < -0.39 is 10.8 Å². The molecule has 0 aliphatic carbocycles. The van der Waals surface area contributed by atoms with E-state index in [9.17, 15) is 15.3 Å². The van der Waals surface area contributed by atoms with E-state index in [4.69, 9.17) is 0 Å². The number of unbranched alkanes of at least 4 members (excludes halogenated alkanes) is 2. The Hall–Kier alpha value is -0.640. The Morgan fingerprint density at radius 1 is 0.842 bits per heavy atom. The summed E-state index contributed by atoms with van der Waals surface area (Å²) >= 11 is 0. The molecule has 0 rings (SSSR count). The van der Waals surface area contributed by atoms with Gasteiger partial charge >= 0.3 is 0 Å². The van der Waals surface area contributed by atoms with Crippen molar-refractivity contribution in [1.82, 2.24) is 0 Å². The van der Waals surface area contributed by atoms with Gasteiger partial charge in [-0.25, -0.2) is 0 Å². The van der Waals surface area contributed by atoms with Crippen molar-refractivity contribution in [2.24, 2.45) is 10.8 Å². The fourth-order valence-corrected chi connectivity index (χ4v) is 2.63. The van der Waals surface area contributed by atoms with Crippen LogP contribution in [0.2, 0.25) is 0 Å². The summed E-state index contributed by atoms with van der Waals surface area (Å²) in [5.41, 5.74) is -1.10. The van der Waals surface area contributed by atoms with Gasteiger partial charge in [-0.3, -0.25) is 0 Å². The lowest BCUT2D eigenvalue weighted by Gasteiger charge is -2.46. The zero-order valence-corrected chi connectivity index (χ0v) is 12.3. The van der Waals surface area contributed by atoms with E-state index in [2.05, 4.69) is 13.2 Å². The van der Waals surface area contributed by atoms with Gasteiger partial charge < -0.3 is 15.3 Å². The van der Waals surface area contributed by atoms with Crippen LogP contribution in [0.5, 0.6) is 0 Å². The van der Waals surface area contributed by atoms with Gasteiger partial charge in [-0.2, -0.15) is 0 Å². The minimum Gasteiger partial charge on any atom is -0.396 e. The minimum absolute atomic E-state index is 0.0150. The van der Waals surface area contributed by atoms with Crippen molar-refractivity contribution < 1.29 is 15.3 Å². The molecule has 0 atom stereocenters. The first kappa shape index (κ1) is 18.4. The molecular formula is C16H30O3. The molecule has 0 saturated carbocycles. The van der Waals surface area contributed by atoms with E-state index in [0.29, 0.717) is 0 Å². The number of allylic oxidation sites excluding steroid dienone is 2. The van der Waals surface area contributed by atoms with Gasteiger partial charge in [-0.1, -0.05) is 19.1 Å². The summed E-state index contributed by atoms with van der Waals surface area (Å²) in [6.07, 6.45) is 8.88. The lowest BCUT2D eigenvalue weighted by molar-refractivity contribution is -0.0876. The molecule has 0 radical (unpaired) electrons. The van der Waals surface area contributed by atoms with Crippen LogP contribution in [-0.4, -0.2) is 35.1 Å². The Morgan fingerprint density at radius 3 is 1.53 bits per heavy atom. The first-order valence-electron chi connectivity index (χ1n) is 7.10. The van der Waals surface area contributed by atoms with Crippen molar-refractivity contribution in [2.75, 3.05) is 19.8 Å². The maximum atomic E-state index is 9.90. The lowest BCUT2D eigenvalue weighted by Crippen LogP contribution is -2.48. The molecule has 0 unspecified atom stereocenters. The molecule has 0 aliphatic heterocycles. The summed E-state index contributed by atoms with van der Waals surface area (Å²) in [7, 11) is 0. The third-order valence-electron chi connectivity index (χ3n) is 4.41. The number of aliphatic hydroxyl groups is 3. The van der Waals surface area contributed by atoms with Crippen molar-refractivity contribution in [3.05, 3.63) is 25.3 Å². The maximum Gasteiger partial charge on any atom is 0.0512 e. The third kappa shape index (κ3) is 4.75. The topological polar surface area (TPSA) is 60.7 Å². The molecule has 19 heavy (non-hydrogen) atoms. The number of hydrogen-bond donors (Lipinski definition) is 3. The molecule has 0 aromatic heterocycles. The van der Waals surface area contributed by atoms with Gasteiger partial charge in [0.05, 0.1) is 13.2 Å². The highest BCUT2D eigenvalue weighted by atomic mass is 16.3. The predicted octanol–water partition coefficient (Wildman–Crippen LogP) is 2.67. The maximum absolute atomic E-state index is 9.90. The van der Waals surface area contributed by atoms with E-state index >= 15 is 0 Å². The van der Waals surface area contributed by atoms with Crippen LogP contribution < -0.4 is 0 Å². The molecule has 0 aliphatic rings. The highest BCUT2D eigenvalue weighted by molar-refractivity contribution is 4.95. The number of aliphatic hydroxyl groups excluding tert-OH is 3. The van der Waals surface area contributed by atoms with Crippen LogP contribution in [0.3, 0.4) is 0 Å². The van der Waals surface area contributed by atoms with Crippen molar-refractivity contribution in [3.8, 4) is 0 Å². The molecular weight excluding hydrogens is 240 g/mol. The second kappa shape index (κ2) is 9.29. The Morgan fingerprint density at radius 2 is 1.26 bits per heavy atom. The van der Waals surface area contributed by atoms with Crippen LogP contribution in [-0.2, 0) is 0 Å².